The SMILES string of the molecule is Cc1ccccc1Nc1nccc([C@H]2CCCN(C(=O)C3CCC3)C2)n1. The first-order chi connectivity index (χ1) is 12.7. The van der Waals surface area contributed by atoms with Crippen molar-refractivity contribution in [2.24, 2.45) is 5.92 Å². The van der Waals surface area contributed by atoms with Crippen LogP contribution >= 0.6 is 0 Å². The molecule has 0 radical (unpaired) electrons. The summed E-state index contributed by atoms with van der Waals surface area (Å²) in [5, 5.41) is 3.32. The van der Waals surface area contributed by atoms with E-state index in [1.165, 1.54) is 6.42 Å². The van der Waals surface area contributed by atoms with Crippen LogP contribution in [-0.4, -0.2) is 33.9 Å². The largest absolute Gasteiger partial charge is 0.342 e. The predicted octanol–water partition coefficient (Wildman–Crippen LogP) is 4.03. The zero-order valence-corrected chi connectivity index (χ0v) is 15.3. The summed E-state index contributed by atoms with van der Waals surface area (Å²) in [4.78, 5) is 23.8. The zero-order valence-electron chi connectivity index (χ0n) is 15.3. The molecule has 4 rings (SSSR count). The highest BCUT2D eigenvalue weighted by Crippen LogP contribution is 2.32. The number of carbonyl (C=O) groups is 1. The fourth-order valence-corrected chi connectivity index (χ4v) is 3.83. The molecule has 1 saturated carbocycles. The van der Waals surface area contributed by atoms with Crippen LogP contribution in [0, 0.1) is 12.8 Å². The van der Waals surface area contributed by atoms with E-state index in [-0.39, 0.29) is 5.92 Å². The van der Waals surface area contributed by atoms with Crippen LogP contribution in [0.15, 0.2) is 36.5 Å². The first-order valence-electron chi connectivity index (χ1n) is 9.65. The van der Waals surface area contributed by atoms with Crippen molar-refractivity contribution in [1.29, 1.82) is 0 Å². The number of nitrogens with zero attached hydrogens (tertiary/aromatic N) is 3. The van der Waals surface area contributed by atoms with Gasteiger partial charge in [-0.2, -0.15) is 0 Å². The van der Waals surface area contributed by atoms with Crippen molar-refractivity contribution in [3.8, 4) is 0 Å². The lowest BCUT2D eigenvalue weighted by Crippen LogP contribution is -2.44. The first kappa shape index (κ1) is 17.0. The second-order valence-electron chi connectivity index (χ2n) is 7.50. The molecule has 2 heterocycles. The van der Waals surface area contributed by atoms with Gasteiger partial charge in [-0.25, -0.2) is 9.97 Å². The molecular formula is C21H26N4O. The number of hydrogen-bond acceptors (Lipinski definition) is 4. The number of carbonyl (C=O) groups excluding carboxylic acids is 1. The molecular weight excluding hydrogens is 324 g/mol. The van der Waals surface area contributed by atoms with E-state index < -0.39 is 0 Å². The first-order valence-corrected chi connectivity index (χ1v) is 9.65. The molecule has 1 aliphatic carbocycles. The van der Waals surface area contributed by atoms with Gasteiger partial charge >= 0.3 is 0 Å². The van der Waals surface area contributed by atoms with Gasteiger partial charge in [0.2, 0.25) is 11.9 Å². The van der Waals surface area contributed by atoms with E-state index in [1.54, 1.807) is 0 Å². The molecule has 1 aromatic heterocycles. The minimum atomic E-state index is 0.275. The molecule has 2 aromatic rings. The van der Waals surface area contributed by atoms with Crippen LogP contribution in [0.25, 0.3) is 0 Å². The molecule has 5 heteroatoms. The predicted molar refractivity (Wildman–Crippen MR) is 102 cm³/mol. The van der Waals surface area contributed by atoms with Crippen LogP contribution in [-0.2, 0) is 4.79 Å². The third kappa shape index (κ3) is 3.57. The van der Waals surface area contributed by atoms with Crippen LogP contribution in [0.2, 0.25) is 0 Å². The molecule has 1 N–H and O–H groups in total. The van der Waals surface area contributed by atoms with E-state index in [9.17, 15) is 4.79 Å². The van der Waals surface area contributed by atoms with Gasteiger partial charge < -0.3 is 10.2 Å². The van der Waals surface area contributed by atoms with E-state index in [0.29, 0.717) is 17.8 Å². The number of piperidine rings is 1. The van der Waals surface area contributed by atoms with Crippen LogP contribution in [0.3, 0.4) is 0 Å². The van der Waals surface area contributed by atoms with Crippen LogP contribution in [0.5, 0.6) is 0 Å². The summed E-state index contributed by atoms with van der Waals surface area (Å²) in [5.74, 6) is 1.55. The maximum atomic E-state index is 12.6. The number of anilines is 2. The number of amides is 1. The average molecular weight is 350 g/mol. The average Bonchev–Trinajstić information content (AvgIpc) is 2.63. The van der Waals surface area contributed by atoms with Crippen molar-refractivity contribution in [3.05, 3.63) is 47.8 Å². The van der Waals surface area contributed by atoms with Crippen LogP contribution in [0.4, 0.5) is 11.6 Å². The molecule has 136 valence electrons. The summed E-state index contributed by atoms with van der Waals surface area (Å²) in [6.45, 7) is 3.75. The van der Waals surface area contributed by atoms with Crippen molar-refractivity contribution in [1.82, 2.24) is 14.9 Å². The third-order valence-electron chi connectivity index (χ3n) is 5.67. The van der Waals surface area contributed by atoms with Crippen molar-refractivity contribution in [2.45, 2.75) is 44.9 Å². The topological polar surface area (TPSA) is 58.1 Å². The molecule has 1 aromatic carbocycles. The van der Waals surface area contributed by atoms with Gasteiger partial charge in [0.25, 0.3) is 0 Å². The molecule has 0 bridgehead atoms. The monoisotopic (exact) mass is 350 g/mol. The fraction of sp³-hybridized carbons (Fsp3) is 0.476. The third-order valence-corrected chi connectivity index (χ3v) is 5.67. The summed E-state index contributed by atoms with van der Waals surface area (Å²) in [7, 11) is 0. The molecule has 26 heavy (non-hydrogen) atoms. The maximum Gasteiger partial charge on any atom is 0.227 e. The molecule has 0 unspecified atom stereocenters. The van der Waals surface area contributed by atoms with Crippen molar-refractivity contribution < 1.29 is 4.79 Å². The number of aromatic nitrogens is 2. The zero-order chi connectivity index (χ0) is 17.9. The summed E-state index contributed by atoms with van der Waals surface area (Å²) in [6.07, 6.45) is 7.28. The fourth-order valence-electron chi connectivity index (χ4n) is 3.83. The summed E-state index contributed by atoms with van der Waals surface area (Å²) in [6, 6.07) is 10.1. The highest BCUT2D eigenvalue weighted by atomic mass is 16.2. The molecule has 2 fully saturated rings. The highest BCUT2D eigenvalue weighted by molar-refractivity contribution is 5.79. The number of likely N-dealkylation sites (tertiary alicyclic amines) is 1. The Morgan fingerprint density at radius 3 is 2.77 bits per heavy atom. The number of hydrogen-bond donors (Lipinski definition) is 1. The van der Waals surface area contributed by atoms with Gasteiger partial charge in [0.1, 0.15) is 0 Å². The van der Waals surface area contributed by atoms with Crippen molar-refractivity contribution in [3.63, 3.8) is 0 Å². The molecule has 5 nitrogen and oxygen atoms in total. The van der Waals surface area contributed by atoms with E-state index in [4.69, 9.17) is 4.98 Å². The number of aryl methyl sites for hydroxylation is 1. The van der Waals surface area contributed by atoms with Gasteiger partial charge in [-0.1, -0.05) is 24.6 Å². The normalized spacial score (nSPS) is 20.5. The van der Waals surface area contributed by atoms with Gasteiger partial charge in [0, 0.05) is 36.8 Å². The van der Waals surface area contributed by atoms with E-state index in [2.05, 4.69) is 28.2 Å². The van der Waals surface area contributed by atoms with E-state index in [0.717, 1.165) is 55.7 Å². The quantitative estimate of drug-likeness (QED) is 0.904. The smallest absolute Gasteiger partial charge is 0.227 e. The Morgan fingerprint density at radius 1 is 1.15 bits per heavy atom. The lowest BCUT2D eigenvalue weighted by atomic mass is 9.83. The number of para-hydroxylation sites is 1. The highest BCUT2D eigenvalue weighted by Gasteiger charge is 2.32. The Kier molecular flexibility index (Phi) is 4.87. The number of benzene rings is 1. The lowest BCUT2D eigenvalue weighted by molar-refractivity contribution is -0.139. The Bertz CT molecular complexity index is 787. The Labute approximate surface area is 154 Å². The maximum absolute atomic E-state index is 12.6. The summed E-state index contributed by atoms with van der Waals surface area (Å²) in [5.41, 5.74) is 3.22. The van der Waals surface area contributed by atoms with E-state index >= 15 is 0 Å². The second-order valence-corrected chi connectivity index (χ2v) is 7.50. The minimum absolute atomic E-state index is 0.275. The van der Waals surface area contributed by atoms with Gasteiger partial charge in [-0.05, 0) is 50.3 Å². The Balaban J connectivity index is 1.47. The van der Waals surface area contributed by atoms with Gasteiger partial charge in [0.05, 0.1) is 5.69 Å². The Morgan fingerprint density at radius 2 is 2.00 bits per heavy atom. The van der Waals surface area contributed by atoms with Crippen molar-refractivity contribution in [2.75, 3.05) is 18.4 Å². The lowest BCUT2D eigenvalue weighted by Gasteiger charge is -2.37. The van der Waals surface area contributed by atoms with Crippen LogP contribution in [0.1, 0.15) is 49.3 Å². The summed E-state index contributed by atoms with van der Waals surface area (Å²) < 4.78 is 0. The molecule has 1 amide bonds. The standard InChI is InChI=1S/C21H26N4O/c1-15-6-2-3-10-18(15)23-21-22-12-11-19(24-21)17-9-5-13-25(14-17)20(26)16-7-4-8-16/h2-3,6,10-12,16-17H,4-5,7-9,13-14H2,1H3,(H,22,23,24)/t17-/m0/s1. The molecule has 2 aliphatic rings. The number of nitrogens with one attached hydrogen (secondary N) is 1. The molecule has 1 atom stereocenters. The molecule has 1 aliphatic heterocycles. The molecule has 1 saturated heterocycles. The molecule has 0 spiro atoms. The number of rotatable bonds is 4. The van der Waals surface area contributed by atoms with E-state index in [1.807, 2.05) is 30.5 Å². The summed E-state index contributed by atoms with van der Waals surface area (Å²) >= 11 is 0. The minimum Gasteiger partial charge on any atom is -0.342 e. The second kappa shape index (κ2) is 7.44. The van der Waals surface area contributed by atoms with Crippen molar-refractivity contribution >= 4 is 17.5 Å². The van der Waals surface area contributed by atoms with Gasteiger partial charge in [0.15, 0.2) is 0 Å². The van der Waals surface area contributed by atoms with Gasteiger partial charge in [-0.15, -0.1) is 0 Å². The van der Waals surface area contributed by atoms with Gasteiger partial charge in [-0.3, -0.25) is 4.79 Å². The van der Waals surface area contributed by atoms with Crippen LogP contribution < -0.4 is 5.32 Å². The Hall–Kier alpha value is -2.43.